The molecular formula is C17H24N2O2. The Labute approximate surface area is 126 Å². The molecular weight excluding hydrogens is 264 g/mol. The second-order valence-corrected chi connectivity index (χ2v) is 3.79. The Morgan fingerprint density at radius 3 is 2.14 bits per heavy atom. The Morgan fingerprint density at radius 2 is 1.62 bits per heavy atom. The van der Waals surface area contributed by atoms with Gasteiger partial charge in [-0.15, -0.1) is 0 Å². The van der Waals surface area contributed by atoms with Crippen molar-refractivity contribution in [3.05, 3.63) is 47.8 Å². The molecule has 2 aromatic rings. The molecule has 2 rings (SSSR count). The summed E-state index contributed by atoms with van der Waals surface area (Å²) in [6.45, 7) is 9.89. The van der Waals surface area contributed by atoms with E-state index in [9.17, 15) is 4.79 Å². The predicted molar refractivity (Wildman–Crippen MR) is 88.5 cm³/mol. The van der Waals surface area contributed by atoms with Crippen LogP contribution in [0.3, 0.4) is 0 Å². The number of benzene rings is 1. The summed E-state index contributed by atoms with van der Waals surface area (Å²) in [5, 5.41) is 9.00. The molecule has 4 heteroatoms. The number of carbonyl (C=O) groups is 1. The lowest BCUT2D eigenvalue weighted by molar-refractivity contribution is 0.0698. The third-order valence-electron chi connectivity index (χ3n) is 2.51. The van der Waals surface area contributed by atoms with Crippen LogP contribution in [0.15, 0.2) is 36.5 Å². The second kappa shape index (κ2) is 9.53. The Bertz CT molecular complexity index is 581. The van der Waals surface area contributed by atoms with Gasteiger partial charge >= 0.3 is 5.97 Å². The molecule has 1 aromatic heterocycles. The summed E-state index contributed by atoms with van der Waals surface area (Å²) in [6, 6.07) is 8.72. The van der Waals surface area contributed by atoms with Gasteiger partial charge in [-0.1, -0.05) is 33.8 Å². The third kappa shape index (κ3) is 5.26. The lowest BCUT2D eigenvalue weighted by Gasteiger charge is -2.06. The molecule has 0 spiro atoms. The molecule has 0 saturated heterocycles. The number of hydrogen-bond acceptors (Lipinski definition) is 3. The van der Waals surface area contributed by atoms with Gasteiger partial charge in [0.15, 0.2) is 0 Å². The van der Waals surface area contributed by atoms with Crippen molar-refractivity contribution in [3.8, 4) is 11.1 Å². The monoisotopic (exact) mass is 288 g/mol. The molecule has 0 atom stereocenters. The summed E-state index contributed by atoms with van der Waals surface area (Å²) in [5.74, 6) is -1.02. The van der Waals surface area contributed by atoms with Crippen molar-refractivity contribution in [2.75, 3.05) is 5.73 Å². The number of nitrogen functional groups attached to an aromatic ring is 1. The Kier molecular flexibility index (Phi) is 8.46. The number of hydrogen-bond donors (Lipinski definition) is 2. The maximum Gasteiger partial charge on any atom is 0.337 e. The van der Waals surface area contributed by atoms with E-state index >= 15 is 0 Å². The molecule has 0 bridgehead atoms. The van der Waals surface area contributed by atoms with Crippen LogP contribution in [-0.2, 0) is 0 Å². The van der Waals surface area contributed by atoms with E-state index in [0.717, 1.165) is 16.8 Å². The fourth-order valence-corrected chi connectivity index (χ4v) is 1.65. The zero-order chi connectivity index (χ0) is 16.4. The number of aromatic carboxylic acids is 1. The minimum Gasteiger partial charge on any atom is -0.478 e. The molecule has 0 amide bonds. The first-order valence-electron chi connectivity index (χ1n) is 7.14. The average molecular weight is 288 g/mol. The lowest BCUT2D eigenvalue weighted by atomic mass is 10.0. The van der Waals surface area contributed by atoms with Crippen LogP contribution in [-0.4, -0.2) is 16.1 Å². The molecule has 0 aliphatic rings. The highest BCUT2D eigenvalue weighted by atomic mass is 16.4. The van der Waals surface area contributed by atoms with E-state index in [0.29, 0.717) is 0 Å². The first kappa shape index (κ1) is 18.6. The van der Waals surface area contributed by atoms with Gasteiger partial charge in [-0.25, -0.2) is 4.79 Å². The van der Waals surface area contributed by atoms with Crippen LogP contribution in [0.2, 0.25) is 0 Å². The van der Waals surface area contributed by atoms with Crippen molar-refractivity contribution < 1.29 is 9.90 Å². The number of aromatic nitrogens is 1. The van der Waals surface area contributed by atoms with E-state index in [1.807, 2.05) is 46.8 Å². The van der Waals surface area contributed by atoms with Gasteiger partial charge in [-0.05, 0) is 42.3 Å². The highest BCUT2D eigenvalue weighted by Crippen LogP contribution is 2.23. The molecule has 0 aliphatic carbocycles. The molecule has 0 aliphatic heterocycles. The third-order valence-corrected chi connectivity index (χ3v) is 2.51. The predicted octanol–water partition coefficient (Wildman–Crippen LogP) is 4.39. The van der Waals surface area contributed by atoms with Crippen LogP contribution < -0.4 is 5.73 Å². The lowest BCUT2D eigenvalue weighted by Crippen LogP contribution is -2.02. The van der Waals surface area contributed by atoms with Crippen LogP contribution in [0.5, 0.6) is 0 Å². The molecule has 0 unspecified atom stereocenters. The van der Waals surface area contributed by atoms with E-state index < -0.39 is 5.97 Å². The molecule has 1 aromatic carbocycles. The van der Waals surface area contributed by atoms with Crippen LogP contribution in [0.4, 0.5) is 5.69 Å². The second-order valence-electron chi connectivity index (χ2n) is 3.79. The Morgan fingerprint density at radius 1 is 1.05 bits per heavy atom. The van der Waals surface area contributed by atoms with Gasteiger partial charge < -0.3 is 10.8 Å². The SMILES string of the molecule is CC.CC.Cc1cc(-c2ccc(N)c(C(=O)O)c2)ccn1. The number of aryl methyl sites for hydroxylation is 1. The number of nitrogens with two attached hydrogens (primary N) is 1. The summed E-state index contributed by atoms with van der Waals surface area (Å²) in [5.41, 5.74) is 8.64. The summed E-state index contributed by atoms with van der Waals surface area (Å²) < 4.78 is 0. The Hall–Kier alpha value is -2.36. The van der Waals surface area contributed by atoms with E-state index in [1.165, 1.54) is 0 Å². The van der Waals surface area contributed by atoms with Crippen molar-refractivity contribution in [1.29, 1.82) is 0 Å². The summed E-state index contributed by atoms with van der Waals surface area (Å²) in [4.78, 5) is 15.1. The van der Waals surface area contributed by atoms with Crippen LogP contribution in [0, 0.1) is 6.92 Å². The molecule has 114 valence electrons. The molecule has 0 radical (unpaired) electrons. The van der Waals surface area contributed by atoms with E-state index in [2.05, 4.69) is 4.98 Å². The van der Waals surface area contributed by atoms with Gasteiger partial charge in [-0.3, -0.25) is 4.98 Å². The normalized spacial score (nSPS) is 8.81. The molecule has 1 heterocycles. The fourth-order valence-electron chi connectivity index (χ4n) is 1.65. The topological polar surface area (TPSA) is 76.2 Å². The van der Waals surface area contributed by atoms with Crippen molar-refractivity contribution in [1.82, 2.24) is 4.98 Å². The van der Waals surface area contributed by atoms with Gasteiger partial charge in [0.05, 0.1) is 5.56 Å². The first-order chi connectivity index (χ1) is 10.1. The fraction of sp³-hybridized carbons (Fsp3) is 0.294. The van der Waals surface area contributed by atoms with Crippen LogP contribution in [0.1, 0.15) is 43.7 Å². The molecule has 0 saturated carbocycles. The van der Waals surface area contributed by atoms with Gasteiger partial charge in [0.1, 0.15) is 0 Å². The molecule has 0 fully saturated rings. The van der Waals surface area contributed by atoms with Crippen molar-refractivity contribution in [3.63, 3.8) is 0 Å². The number of nitrogens with zero attached hydrogens (tertiary/aromatic N) is 1. The number of carboxylic acid groups (broad SMARTS) is 1. The molecule has 3 N–H and O–H groups in total. The summed E-state index contributed by atoms with van der Waals surface area (Å²) in [6.07, 6.45) is 1.70. The maximum atomic E-state index is 11.0. The van der Waals surface area contributed by atoms with Gasteiger partial charge in [0, 0.05) is 17.6 Å². The summed E-state index contributed by atoms with van der Waals surface area (Å²) in [7, 11) is 0. The smallest absolute Gasteiger partial charge is 0.337 e. The van der Waals surface area contributed by atoms with Crippen LogP contribution >= 0.6 is 0 Å². The largest absolute Gasteiger partial charge is 0.478 e. The van der Waals surface area contributed by atoms with Crippen molar-refractivity contribution >= 4 is 11.7 Å². The minimum atomic E-state index is -1.02. The number of anilines is 1. The first-order valence-corrected chi connectivity index (χ1v) is 7.14. The van der Waals surface area contributed by atoms with E-state index in [4.69, 9.17) is 10.8 Å². The minimum absolute atomic E-state index is 0.122. The van der Waals surface area contributed by atoms with Crippen molar-refractivity contribution in [2.24, 2.45) is 0 Å². The van der Waals surface area contributed by atoms with E-state index in [-0.39, 0.29) is 11.3 Å². The highest BCUT2D eigenvalue weighted by Gasteiger charge is 2.09. The highest BCUT2D eigenvalue weighted by molar-refractivity contribution is 5.95. The molecule has 4 nitrogen and oxygen atoms in total. The zero-order valence-electron chi connectivity index (χ0n) is 13.3. The summed E-state index contributed by atoms with van der Waals surface area (Å²) >= 11 is 0. The van der Waals surface area contributed by atoms with Crippen molar-refractivity contribution in [2.45, 2.75) is 34.6 Å². The maximum absolute atomic E-state index is 11.0. The van der Waals surface area contributed by atoms with Gasteiger partial charge in [-0.2, -0.15) is 0 Å². The Balaban J connectivity index is 0.000000921. The number of carboxylic acids is 1. The van der Waals surface area contributed by atoms with E-state index in [1.54, 1.807) is 24.4 Å². The number of rotatable bonds is 2. The quantitative estimate of drug-likeness (QED) is 0.803. The zero-order valence-corrected chi connectivity index (χ0v) is 13.3. The van der Waals surface area contributed by atoms with Crippen LogP contribution in [0.25, 0.3) is 11.1 Å². The standard InChI is InChI=1S/C13H12N2O2.2C2H6/c1-8-6-10(4-5-15-8)9-2-3-12(14)11(7-9)13(16)17;2*1-2/h2-7H,14H2,1H3,(H,16,17);2*1-2H3. The number of pyridine rings is 1. The van der Waals surface area contributed by atoms with Gasteiger partial charge in [0.25, 0.3) is 0 Å². The molecule has 21 heavy (non-hydrogen) atoms. The van der Waals surface area contributed by atoms with Gasteiger partial charge in [0.2, 0.25) is 0 Å². The average Bonchev–Trinajstić information content (AvgIpc) is 2.51.